The number of hydrogen-bond donors (Lipinski definition) is 1. The minimum Gasteiger partial charge on any atom is -0.379 e. The quantitative estimate of drug-likeness (QED) is 0.888. The molecule has 7 nitrogen and oxygen atoms in total. The van der Waals surface area contributed by atoms with Gasteiger partial charge in [0.05, 0.1) is 30.5 Å². The third kappa shape index (κ3) is 4.31. The Morgan fingerprint density at radius 3 is 3.22 bits per heavy atom. The average Bonchev–Trinajstić information content (AvgIpc) is 3.07. The molecule has 1 aliphatic heterocycles. The lowest BCUT2D eigenvalue weighted by atomic mass is 10.1. The highest BCUT2D eigenvalue weighted by atomic mass is 32.1. The molecule has 1 fully saturated rings. The normalized spacial score (nSPS) is 21.1. The maximum Gasteiger partial charge on any atom is 0.270 e. The van der Waals surface area contributed by atoms with Gasteiger partial charge in [-0.2, -0.15) is 0 Å². The Kier molecular flexibility index (Phi) is 5.27. The number of ether oxygens (including phenoxy) is 2. The van der Waals surface area contributed by atoms with Gasteiger partial charge < -0.3 is 14.8 Å². The SMILES string of the molecule is Cc1nccc(C(=O)N[C@@H]2CCOC[C@H]2OCc2cscn2)n1. The fourth-order valence-electron chi connectivity index (χ4n) is 2.37. The van der Waals surface area contributed by atoms with Gasteiger partial charge in [-0.1, -0.05) is 0 Å². The third-order valence-electron chi connectivity index (χ3n) is 3.56. The molecule has 0 bridgehead atoms. The number of hydrogen-bond acceptors (Lipinski definition) is 7. The van der Waals surface area contributed by atoms with Crippen LogP contribution in [0.4, 0.5) is 0 Å². The van der Waals surface area contributed by atoms with E-state index in [1.54, 1.807) is 24.7 Å². The minimum absolute atomic E-state index is 0.106. The number of rotatable bonds is 5. The largest absolute Gasteiger partial charge is 0.379 e. The topological polar surface area (TPSA) is 86.2 Å². The summed E-state index contributed by atoms with van der Waals surface area (Å²) in [6.45, 7) is 3.23. The highest BCUT2D eigenvalue weighted by Crippen LogP contribution is 2.14. The van der Waals surface area contributed by atoms with E-state index in [0.717, 1.165) is 5.69 Å². The van der Waals surface area contributed by atoms with Gasteiger partial charge in [0.25, 0.3) is 5.91 Å². The maximum absolute atomic E-state index is 12.3. The van der Waals surface area contributed by atoms with Crippen LogP contribution in [0.25, 0.3) is 0 Å². The van der Waals surface area contributed by atoms with E-state index in [-0.39, 0.29) is 18.1 Å². The van der Waals surface area contributed by atoms with Crippen molar-refractivity contribution in [3.8, 4) is 0 Å². The molecular weight excluding hydrogens is 316 g/mol. The summed E-state index contributed by atoms with van der Waals surface area (Å²) < 4.78 is 11.3. The van der Waals surface area contributed by atoms with Gasteiger partial charge in [-0.3, -0.25) is 4.79 Å². The number of carbonyl (C=O) groups is 1. The Bertz CT molecular complexity index is 650. The van der Waals surface area contributed by atoms with Crippen LogP contribution >= 0.6 is 11.3 Å². The van der Waals surface area contributed by atoms with E-state index in [1.165, 1.54) is 11.3 Å². The fraction of sp³-hybridized carbons (Fsp3) is 0.467. The van der Waals surface area contributed by atoms with Crippen LogP contribution in [0.5, 0.6) is 0 Å². The number of thiazole rings is 1. The van der Waals surface area contributed by atoms with Crippen molar-refractivity contribution in [2.45, 2.75) is 32.1 Å². The van der Waals surface area contributed by atoms with Crippen molar-refractivity contribution in [1.29, 1.82) is 0 Å². The number of nitrogens with one attached hydrogen (secondary N) is 1. The molecule has 0 aliphatic carbocycles. The summed E-state index contributed by atoms with van der Waals surface area (Å²) in [4.78, 5) is 24.7. The molecule has 2 aromatic rings. The summed E-state index contributed by atoms with van der Waals surface area (Å²) >= 11 is 1.53. The van der Waals surface area contributed by atoms with Gasteiger partial charge in [-0.15, -0.1) is 11.3 Å². The lowest BCUT2D eigenvalue weighted by molar-refractivity contribution is -0.0742. The van der Waals surface area contributed by atoms with Crippen LogP contribution in [0.15, 0.2) is 23.2 Å². The van der Waals surface area contributed by atoms with E-state index in [0.29, 0.717) is 37.8 Å². The van der Waals surface area contributed by atoms with Gasteiger partial charge in [0, 0.05) is 18.2 Å². The minimum atomic E-state index is -0.218. The first kappa shape index (κ1) is 16.0. The monoisotopic (exact) mass is 334 g/mol. The molecule has 23 heavy (non-hydrogen) atoms. The number of aryl methyl sites for hydroxylation is 1. The highest BCUT2D eigenvalue weighted by Gasteiger charge is 2.28. The zero-order valence-electron chi connectivity index (χ0n) is 12.8. The predicted molar refractivity (Wildman–Crippen MR) is 84.2 cm³/mol. The second kappa shape index (κ2) is 7.58. The summed E-state index contributed by atoms with van der Waals surface area (Å²) in [7, 11) is 0. The van der Waals surface area contributed by atoms with Crippen molar-refractivity contribution in [1.82, 2.24) is 20.3 Å². The van der Waals surface area contributed by atoms with Gasteiger partial charge in [-0.25, -0.2) is 15.0 Å². The van der Waals surface area contributed by atoms with Crippen molar-refractivity contribution >= 4 is 17.2 Å². The summed E-state index contributed by atoms with van der Waals surface area (Å²) in [5.41, 5.74) is 3.02. The Labute approximate surface area is 138 Å². The Morgan fingerprint density at radius 1 is 1.52 bits per heavy atom. The number of nitrogens with zero attached hydrogens (tertiary/aromatic N) is 3. The lowest BCUT2D eigenvalue weighted by Crippen LogP contribution is -2.50. The van der Waals surface area contributed by atoms with Crippen LogP contribution in [0.3, 0.4) is 0 Å². The zero-order chi connectivity index (χ0) is 16.1. The number of aromatic nitrogens is 3. The number of carbonyl (C=O) groups excluding carboxylic acids is 1. The van der Waals surface area contributed by atoms with Crippen LogP contribution in [0.1, 0.15) is 28.4 Å². The molecule has 1 saturated heterocycles. The van der Waals surface area contributed by atoms with E-state index in [1.807, 2.05) is 5.38 Å². The zero-order valence-corrected chi connectivity index (χ0v) is 13.6. The van der Waals surface area contributed by atoms with Gasteiger partial charge >= 0.3 is 0 Å². The summed E-state index contributed by atoms with van der Waals surface area (Å²) in [6.07, 6.45) is 2.09. The van der Waals surface area contributed by atoms with Crippen LogP contribution in [0, 0.1) is 6.92 Å². The first-order chi connectivity index (χ1) is 11.2. The van der Waals surface area contributed by atoms with Crippen molar-refractivity contribution in [3.05, 3.63) is 40.4 Å². The van der Waals surface area contributed by atoms with E-state index < -0.39 is 0 Å². The summed E-state index contributed by atoms with van der Waals surface area (Å²) in [6, 6.07) is 1.50. The van der Waals surface area contributed by atoms with Crippen LogP contribution in [0.2, 0.25) is 0 Å². The average molecular weight is 334 g/mol. The molecule has 0 spiro atoms. The van der Waals surface area contributed by atoms with E-state index >= 15 is 0 Å². The molecule has 3 rings (SSSR count). The standard InChI is InChI=1S/C15H18N4O3S/c1-10-16-4-2-13(18-10)15(20)19-12-3-5-21-7-14(12)22-6-11-8-23-9-17-11/h2,4,8-9,12,14H,3,5-7H2,1H3,(H,19,20)/t12-,14-/m1/s1. The van der Waals surface area contributed by atoms with Crippen molar-refractivity contribution in [2.75, 3.05) is 13.2 Å². The Balaban J connectivity index is 1.60. The fourth-order valence-corrected chi connectivity index (χ4v) is 2.91. The molecule has 1 N–H and O–H groups in total. The summed E-state index contributed by atoms with van der Waals surface area (Å²) in [5.74, 6) is 0.352. The Hall–Kier alpha value is -1.90. The Morgan fingerprint density at radius 2 is 2.43 bits per heavy atom. The van der Waals surface area contributed by atoms with Crippen LogP contribution in [-0.4, -0.2) is 46.2 Å². The molecule has 0 radical (unpaired) electrons. The van der Waals surface area contributed by atoms with Crippen molar-refractivity contribution in [3.63, 3.8) is 0 Å². The van der Waals surface area contributed by atoms with Crippen molar-refractivity contribution in [2.24, 2.45) is 0 Å². The first-order valence-corrected chi connectivity index (χ1v) is 8.33. The maximum atomic E-state index is 12.3. The molecule has 0 unspecified atom stereocenters. The highest BCUT2D eigenvalue weighted by molar-refractivity contribution is 7.07. The molecule has 1 aliphatic rings. The van der Waals surface area contributed by atoms with Crippen LogP contribution in [-0.2, 0) is 16.1 Å². The van der Waals surface area contributed by atoms with Gasteiger partial charge in [0.2, 0.25) is 0 Å². The van der Waals surface area contributed by atoms with E-state index in [9.17, 15) is 4.79 Å². The molecule has 2 atom stereocenters. The summed E-state index contributed by atoms with van der Waals surface area (Å²) in [5, 5.41) is 4.94. The van der Waals surface area contributed by atoms with Gasteiger partial charge in [-0.05, 0) is 19.4 Å². The van der Waals surface area contributed by atoms with E-state index in [2.05, 4.69) is 20.3 Å². The smallest absolute Gasteiger partial charge is 0.270 e. The van der Waals surface area contributed by atoms with Gasteiger partial charge in [0.15, 0.2) is 0 Å². The molecule has 2 aromatic heterocycles. The molecule has 8 heteroatoms. The van der Waals surface area contributed by atoms with Gasteiger partial charge in [0.1, 0.15) is 17.6 Å². The molecule has 3 heterocycles. The van der Waals surface area contributed by atoms with Crippen molar-refractivity contribution < 1.29 is 14.3 Å². The molecule has 0 saturated carbocycles. The third-order valence-corrected chi connectivity index (χ3v) is 4.19. The second-order valence-electron chi connectivity index (χ2n) is 5.26. The van der Waals surface area contributed by atoms with Crippen LogP contribution < -0.4 is 5.32 Å². The second-order valence-corrected chi connectivity index (χ2v) is 5.98. The molecule has 1 amide bonds. The lowest BCUT2D eigenvalue weighted by Gasteiger charge is -2.31. The van der Waals surface area contributed by atoms with E-state index in [4.69, 9.17) is 9.47 Å². The molecule has 122 valence electrons. The number of amides is 1. The molecular formula is C15H18N4O3S. The molecule has 0 aromatic carbocycles. The predicted octanol–water partition coefficient (Wildman–Crippen LogP) is 1.35. The first-order valence-electron chi connectivity index (χ1n) is 7.39.